The summed E-state index contributed by atoms with van der Waals surface area (Å²) in [4.78, 5) is 29.6. The quantitative estimate of drug-likeness (QED) is 0.263. The number of nitrogens with one attached hydrogen (secondary N) is 1. The van der Waals surface area contributed by atoms with Gasteiger partial charge in [-0.2, -0.15) is 0 Å². The highest BCUT2D eigenvalue weighted by Crippen LogP contribution is 2.04. The molecular formula is C9H12N2O5. The maximum Gasteiger partial charge on any atom is 0.336 e. The van der Waals surface area contributed by atoms with Crippen molar-refractivity contribution < 1.29 is 25.0 Å². The summed E-state index contributed by atoms with van der Waals surface area (Å²) in [5.41, 5.74) is 2.00. The predicted octanol–water partition coefficient (Wildman–Crippen LogP) is -1.02. The third-order valence-electron chi connectivity index (χ3n) is 1.39. The molecule has 0 radical (unpaired) electrons. The lowest BCUT2D eigenvalue weighted by atomic mass is 10.1. The topological polar surface area (TPSA) is 141 Å². The largest absolute Gasteiger partial charge is 0.478 e. The molecule has 6 N–H and O–H groups in total. The van der Waals surface area contributed by atoms with E-state index in [1.165, 1.54) is 12.1 Å². The highest BCUT2D eigenvalue weighted by molar-refractivity contribution is 5.96. The number of hydrogen-bond acceptors (Lipinski definition) is 4. The van der Waals surface area contributed by atoms with E-state index in [4.69, 9.17) is 9.90 Å². The molecule has 1 aromatic carbocycles. The Labute approximate surface area is 91.2 Å². The van der Waals surface area contributed by atoms with E-state index in [0.717, 1.165) is 0 Å². The van der Waals surface area contributed by atoms with E-state index < -0.39 is 5.97 Å². The second kappa shape index (κ2) is 9.31. The number of aldehydes is 1. The highest BCUT2D eigenvalue weighted by Gasteiger charge is 2.06. The second-order valence-corrected chi connectivity index (χ2v) is 2.29. The molecule has 0 heterocycles. The van der Waals surface area contributed by atoms with Crippen molar-refractivity contribution in [2.75, 3.05) is 0 Å². The molecule has 0 atom stereocenters. The molecule has 88 valence electrons. The smallest absolute Gasteiger partial charge is 0.336 e. The first-order chi connectivity index (χ1) is 7.17. The third kappa shape index (κ3) is 5.47. The zero-order valence-electron chi connectivity index (χ0n) is 8.21. The zero-order chi connectivity index (χ0) is 11.7. The number of carbonyl (C=O) groups is 3. The van der Waals surface area contributed by atoms with E-state index in [2.05, 4.69) is 5.84 Å². The van der Waals surface area contributed by atoms with E-state index in [1.54, 1.807) is 17.6 Å². The number of carboxylic acids is 1. The SMILES string of the molecule is NNC=O.O.O=Cc1ccccc1C(=O)O. The molecule has 0 saturated heterocycles. The number of nitrogens with two attached hydrogens (primary N) is 1. The Bertz CT molecular complexity index is 354. The van der Waals surface area contributed by atoms with Gasteiger partial charge >= 0.3 is 5.97 Å². The summed E-state index contributed by atoms with van der Waals surface area (Å²) in [6.07, 6.45) is 0.934. The summed E-state index contributed by atoms with van der Waals surface area (Å²) in [6.45, 7) is 0. The summed E-state index contributed by atoms with van der Waals surface area (Å²) in [5, 5.41) is 8.54. The standard InChI is InChI=1S/C8H6O3.CH4N2O.H2O/c9-5-6-3-1-2-4-7(6)8(10)11;2-3-1-4;/h1-5H,(H,10,11);1H,2H2,(H,3,4);1H2. The number of hydrazine groups is 1. The van der Waals surface area contributed by atoms with Gasteiger partial charge in [0.2, 0.25) is 6.41 Å². The van der Waals surface area contributed by atoms with Gasteiger partial charge in [-0.3, -0.25) is 15.0 Å². The van der Waals surface area contributed by atoms with Gasteiger partial charge in [-0.05, 0) is 6.07 Å². The molecule has 0 spiro atoms. The molecule has 0 aliphatic carbocycles. The average molecular weight is 228 g/mol. The van der Waals surface area contributed by atoms with Crippen LogP contribution in [0.5, 0.6) is 0 Å². The van der Waals surface area contributed by atoms with Crippen LogP contribution in [0.25, 0.3) is 0 Å². The molecular weight excluding hydrogens is 216 g/mol. The number of benzene rings is 1. The summed E-state index contributed by atoms with van der Waals surface area (Å²) in [5.74, 6) is 3.33. The molecule has 0 bridgehead atoms. The molecule has 7 heteroatoms. The minimum absolute atomic E-state index is 0. The van der Waals surface area contributed by atoms with E-state index in [0.29, 0.717) is 12.7 Å². The van der Waals surface area contributed by atoms with Crippen LogP contribution in [-0.2, 0) is 4.79 Å². The fourth-order valence-electron chi connectivity index (χ4n) is 0.795. The van der Waals surface area contributed by atoms with Gasteiger partial charge in [-0.25, -0.2) is 10.6 Å². The van der Waals surface area contributed by atoms with Crippen LogP contribution in [0.3, 0.4) is 0 Å². The van der Waals surface area contributed by atoms with E-state index >= 15 is 0 Å². The first-order valence-electron chi connectivity index (χ1n) is 3.84. The average Bonchev–Trinajstić information content (AvgIpc) is 2.29. The number of aromatic carboxylic acids is 1. The Morgan fingerprint density at radius 2 is 1.81 bits per heavy atom. The van der Waals surface area contributed by atoms with Gasteiger partial charge in [0.05, 0.1) is 5.56 Å². The van der Waals surface area contributed by atoms with Crippen LogP contribution >= 0.6 is 0 Å². The number of rotatable bonds is 3. The molecule has 0 aromatic heterocycles. The maximum atomic E-state index is 10.4. The summed E-state index contributed by atoms with van der Waals surface area (Å²) in [7, 11) is 0. The van der Waals surface area contributed by atoms with Crippen LogP contribution in [0, 0.1) is 0 Å². The third-order valence-corrected chi connectivity index (χ3v) is 1.39. The molecule has 0 fully saturated rings. The van der Waals surface area contributed by atoms with E-state index in [-0.39, 0.29) is 16.6 Å². The molecule has 0 saturated carbocycles. The molecule has 1 rings (SSSR count). The Hall–Kier alpha value is -2.25. The molecule has 1 aromatic rings. The van der Waals surface area contributed by atoms with Crippen LogP contribution in [-0.4, -0.2) is 29.2 Å². The lowest BCUT2D eigenvalue weighted by Crippen LogP contribution is -2.18. The Morgan fingerprint density at radius 3 is 2.12 bits per heavy atom. The Balaban J connectivity index is 0. The molecule has 7 nitrogen and oxygen atoms in total. The number of amides is 1. The van der Waals surface area contributed by atoms with Crippen LogP contribution in [0.4, 0.5) is 0 Å². The van der Waals surface area contributed by atoms with Gasteiger partial charge in [0, 0.05) is 5.56 Å². The maximum absolute atomic E-state index is 10.4. The summed E-state index contributed by atoms with van der Waals surface area (Å²) < 4.78 is 0. The fourth-order valence-corrected chi connectivity index (χ4v) is 0.795. The van der Waals surface area contributed by atoms with Crippen molar-refractivity contribution in [2.45, 2.75) is 0 Å². The monoisotopic (exact) mass is 228 g/mol. The molecule has 0 aliphatic rings. The minimum Gasteiger partial charge on any atom is -0.478 e. The van der Waals surface area contributed by atoms with Crippen molar-refractivity contribution in [1.29, 1.82) is 0 Å². The van der Waals surface area contributed by atoms with Gasteiger partial charge in [0.25, 0.3) is 0 Å². The molecule has 0 unspecified atom stereocenters. The van der Waals surface area contributed by atoms with Gasteiger partial charge < -0.3 is 10.6 Å². The normalized spacial score (nSPS) is 7.56. The van der Waals surface area contributed by atoms with Crippen molar-refractivity contribution in [3.63, 3.8) is 0 Å². The van der Waals surface area contributed by atoms with Crippen LogP contribution < -0.4 is 11.3 Å². The van der Waals surface area contributed by atoms with Crippen molar-refractivity contribution in [2.24, 2.45) is 5.84 Å². The zero-order valence-corrected chi connectivity index (χ0v) is 8.21. The van der Waals surface area contributed by atoms with Crippen molar-refractivity contribution in [3.05, 3.63) is 35.4 Å². The Morgan fingerprint density at radius 1 is 1.31 bits per heavy atom. The van der Waals surface area contributed by atoms with Gasteiger partial charge in [-0.1, -0.05) is 18.2 Å². The van der Waals surface area contributed by atoms with Gasteiger partial charge in [-0.15, -0.1) is 0 Å². The molecule has 1 amide bonds. The minimum atomic E-state index is -1.08. The number of carbonyl (C=O) groups excluding carboxylic acids is 2. The van der Waals surface area contributed by atoms with Crippen molar-refractivity contribution in [1.82, 2.24) is 5.43 Å². The van der Waals surface area contributed by atoms with Crippen LogP contribution in [0.15, 0.2) is 24.3 Å². The molecule has 16 heavy (non-hydrogen) atoms. The first kappa shape index (κ1) is 16.2. The highest BCUT2D eigenvalue weighted by atomic mass is 16.4. The number of carboxylic acid groups (broad SMARTS) is 1. The Kier molecular flexibility index (Phi) is 9.42. The number of hydrogen-bond donors (Lipinski definition) is 3. The lowest BCUT2D eigenvalue weighted by Gasteiger charge is -1.95. The molecule has 0 aliphatic heterocycles. The first-order valence-corrected chi connectivity index (χ1v) is 3.84. The van der Waals surface area contributed by atoms with E-state index in [1.807, 2.05) is 0 Å². The van der Waals surface area contributed by atoms with Crippen LogP contribution in [0.2, 0.25) is 0 Å². The second-order valence-electron chi connectivity index (χ2n) is 2.29. The van der Waals surface area contributed by atoms with E-state index in [9.17, 15) is 9.59 Å². The van der Waals surface area contributed by atoms with Gasteiger partial charge in [0.15, 0.2) is 6.29 Å². The lowest BCUT2D eigenvalue weighted by molar-refractivity contribution is -0.109. The summed E-state index contributed by atoms with van der Waals surface area (Å²) >= 11 is 0. The predicted molar refractivity (Wildman–Crippen MR) is 55.8 cm³/mol. The van der Waals surface area contributed by atoms with Crippen molar-refractivity contribution in [3.8, 4) is 0 Å². The van der Waals surface area contributed by atoms with Crippen LogP contribution in [0.1, 0.15) is 20.7 Å². The fraction of sp³-hybridized carbons (Fsp3) is 0. The van der Waals surface area contributed by atoms with Gasteiger partial charge in [0.1, 0.15) is 0 Å². The van der Waals surface area contributed by atoms with Crippen molar-refractivity contribution >= 4 is 18.7 Å². The summed E-state index contributed by atoms with van der Waals surface area (Å²) in [6, 6.07) is 6.06.